The number of hydrogen-bond acceptors (Lipinski definition) is 3. The van der Waals surface area contributed by atoms with E-state index in [0.717, 1.165) is 23.6 Å². The van der Waals surface area contributed by atoms with E-state index in [1.54, 1.807) is 0 Å². The zero-order valence-corrected chi connectivity index (χ0v) is 12.7. The normalized spacial score (nSPS) is 12.9. The third kappa shape index (κ3) is 5.91. The van der Waals surface area contributed by atoms with Crippen molar-refractivity contribution in [1.82, 2.24) is 5.32 Å². The van der Waals surface area contributed by atoms with Gasteiger partial charge in [-0.2, -0.15) is 0 Å². The molecule has 1 rings (SSSR count). The van der Waals surface area contributed by atoms with E-state index >= 15 is 0 Å². The van der Waals surface area contributed by atoms with E-state index in [9.17, 15) is 0 Å². The molecule has 0 aliphatic heterocycles. The molecule has 0 spiro atoms. The Morgan fingerprint density at radius 1 is 1.16 bits per heavy atom. The van der Waals surface area contributed by atoms with Crippen molar-refractivity contribution in [1.29, 1.82) is 0 Å². The SMILES string of the molecule is CCOC(CCN[C@H](C)c1ccccc1Cl)OCC. The number of ether oxygens (including phenoxy) is 2. The van der Waals surface area contributed by atoms with Crippen molar-refractivity contribution < 1.29 is 9.47 Å². The number of benzene rings is 1. The molecular formula is C15H24ClNO2. The van der Waals surface area contributed by atoms with E-state index in [4.69, 9.17) is 21.1 Å². The summed E-state index contributed by atoms with van der Waals surface area (Å²) in [5, 5.41) is 4.24. The summed E-state index contributed by atoms with van der Waals surface area (Å²) in [4.78, 5) is 0. The van der Waals surface area contributed by atoms with E-state index in [1.165, 1.54) is 0 Å². The molecule has 0 fully saturated rings. The minimum atomic E-state index is -0.124. The quantitative estimate of drug-likeness (QED) is 0.701. The fourth-order valence-corrected chi connectivity index (χ4v) is 2.24. The first-order valence-corrected chi connectivity index (χ1v) is 7.27. The summed E-state index contributed by atoms with van der Waals surface area (Å²) in [6, 6.07) is 8.12. The van der Waals surface area contributed by atoms with Gasteiger partial charge in [-0.1, -0.05) is 29.8 Å². The number of halogens is 1. The topological polar surface area (TPSA) is 30.5 Å². The van der Waals surface area contributed by atoms with Crippen molar-refractivity contribution in [2.45, 2.75) is 39.5 Å². The lowest BCUT2D eigenvalue weighted by Gasteiger charge is -2.20. The first-order chi connectivity index (χ1) is 9.19. The third-order valence-corrected chi connectivity index (χ3v) is 3.25. The van der Waals surface area contributed by atoms with Crippen LogP contribution in [0.15, 0.2) is 24.3 Å². The van der Waals surface area contributed by atoms with Crippen LogP contribution >= 0.6 is 11.6 Å². The van der Waals surface area contributed by atoms with Crippen LogP contribution in [0.3, 0.4) is 0 Å². The highest BCUT2D eigenvalue weighted by atomic mass is 35.5. The second-order valence-electron chi connectivity index (χ2n) is 4.33. The van der Waals surface area contributed by atoms with Crippen molar-refractivity contribution in [3.05, 3.63) is 34.9 Å². The average molecular weight is 286 g/mol. The molecule has 0 saturated heterocycles. The predicted molar refractivity (Wildman–Crippen MR) is 79.5 cm³/mol. The Kier molecular flexibility index (Phi) is 8.07. The number of hydrogen-bond donors (Lipinski definition) is 1. The van der Waals surface area contributed by atoms with Gasteiger partial charge in [0, 0.05) is 37.2 Å². The molecule has 1 aromatic rings. The lowest BCUT2D eigenvalue weighted by molar-refractivity contribution is -0.138. The zero-order valence-electron chi connectivity index (χ0n) is 12.0. The summed E-state index contributed by atoms with van der Waals surface area (Å²) in [5.74, 6) is 0. The Labute approximate surface area is 121 Å². The van der Waals surface area contributed by atoms with Crippen molar-refractivity contribution in [3.8, 4) is 0 Å². The maximum absolute atomic E-state index is 6.17. The van der Waals surface area contributed by atoms with Crippen LogP contribution in [0, 0.1) is 0 Å². The largest absolute Gasteiger partial charge is 0.353 e. The highest BCUT2D eigenvalue weighted by Gasteiger charge is 2.11. The van der Waals surface area contributed by atoms with Gasteiger partial charge in [0.2, 0.25) is 0 Å². The number of rotatable bonds is 9. The van der Waals surface area contributed by atoms with Crippen LogP contribution in [0.1, 0.15) is 38.8 Å². The van der Waals surface area contributed by atoms with Gasteiger partial charge in [0.25, 0.3) is 0 Å². The molecule has 108 valence electrons. The van der Waals surface area contributed by atoms with Crippen LogP contribution < -0.4 is 5.32 Å². The molecule has 0 unspecified atom stereocenters. The van der Waals surface area contributed by atoms with Crippen LogP contribution in [-0.4, -0.2) is 26.0 Å². The maximum atomic E-state index is 6.17. The highest BCUT2D eigenvalue weighted by Crippen LogP contribution is 2.22. The van der Waals surface area contributed by atoms with E-state index < -0.39 is 0 Å². The van der Waals surface area contributed by atoms with Crippen LogP contribution in [0.2, 0.25) is 5.02 Å². The Bertz CT molecular complexity index is 354. The minimum absolute atomic E-state index is 0.124. The standard InChI is InChI=1S/C15H24ClNO2/c1-4-18-15(19-5-2)10-11-17-12(3)13-8-6-7-9-14(13)16/h6-9,12,15,17H,4-5,10-11H2,1-3H3/t12-/m1/s1. The third-order valence-electron chi connectivity index (χ3n) is 2.91. The van der Waals surface area contributed by atoms with Gasteiger partial charge in [-0.3, -0.25) is 0 Å². The molecule has 19 heavy (non-hydrogen) atoms. The lowest BCUT2D eigenvalue weighted by atomic mass is 10.1. The molecule has 0 heterocycles. The molecule has 1 atom stereocenters. The van der Waals surface area contributed by atoms with E-state index in [-0.39, 0.29) is 12.3 Å². The fraction of sp³-hybridized carbons (Fsp3) is 0.600. The van der Waals surface area contributed by atoms with Gasteiger partial charge in [0.15, 0.2) is 6.29 Å². The summed E-state index contributed by atoms with van der Waals surface area (Å²) in [6.45, 7) is 8.24. The van der Waals surface area contributed by atoms with Gasteiger partial charge in [-0.05, 0) is 32.4 Å². The number of nitrogens with one attached hydrogen (secondary N) is 1. The average Bonchev–Trinajstić information content (AvgIpc) is 2.39. The van der Waals surface area contributed by atoms with Crippen LogP contribution in [0.25, 0.3) is 0 Å². The van der Waals surface area contributed by atoms with Crippen LogP contribution in [0.4, 0.5) is 0 Å². The highest BCUT2D eigenvalue weighted by molar-refractivity contribution is 6.31. The van der Waals surface area contributed by atoms with Gasteiger partial charge in [-0.15, -0.1) is 0 Å². The fourth-order valence-electron chi connectivity index (χ4n) is 1.94. The smallest absolute Gasteiger partial charge is 0.158 e. The molecule has 0 aliphatic carbocycles. The minimum Gasteiger partial charge on any atom is -0.353 e. The van der Waals surface area contributed by atoms with Gasteiger partial charge in [-0.25, -0.2) is 0 Å². The van der Waals surface area contributed by atoms with Crippen molar-refractivity contribution >= 4 is 11.6 Å². The molecule has 0 amide bonds. The Balaban J connectivity index is 2.37. The predicted octanol–water partition coefficient (Wildman–Crippen LogP) is 3.78. The summed E-state index contributed by atoms with van der Waals surface area (Å²) >= 11 is 6.17. The maximum Gasteiger partial charge on any atom is 0.158 e. The molecule has 0 aromatic heterocycles. The summed E-state index contributed by atoms with van der Waals surface area (Å²) in [7, 11) is 0. The molecular weight excluding hydrogens is 262 g/mol. The van der Waals surface area contributed by atoms with Crippen molar-refractivity contribution in [2.24, 2.45) is 0 Å². The molecule has 0 aliphatic rings. The van der Waals surface area contributed by atoms with Crippen LogP contribution in [-0.2, 0) is 9.47 Å². The first-order valence-electron chi connectivity index (χ1n) is 6.90. The summed E-state index contributed by atoms with van der Waals surface area (Å²) in [5.41, 5.74) is 1.12. The van der Waals surface area contributed by atoms with Crippen molar-refractivity contribution in [3.63, 3.8) is 0 Å². The monoisotopic (exact) mass is 285 g/mol. The second-order valence-corrected chi connectivity index (χ2v) is 4.73. The molecule has 1 aromatic carbocycles. The zero-order chi connectivity index (χ0) is 14.1. The van der Waals surface area contributed by atoms with Gasteiger partial charge in [0.05, 0.1) is 0 Å². The molecule has 0 bridgehead atoms. The van der Waals surface area contributed by atoms with E-state index in [1.807, 2.05) is 38.1 Å². The Morgan fingerprint density at radius 2 is 1.79 bits per heavy atom. The molecule has 0 radical (unpaired) electrons. The van der Waals surface area contributed by atoms with Gasteiger partial charge in [0.1, 0.15) is 0 Å². The Morgan fingerprint density at radius 3 is 2.37 bits per heavy atom. The Hall–Kier alpha value is -0.610. The molecule has 4 heteroatoms. The second kappa shape index (κ2) is 9.32. The van der Waals surface area contributed by atoms with Crippen LogP contribution in [0.5, 0.6) is 0 Å². The summed E-state index contributed by atoms with van der Waals surface area (Å²) < 4.78 is 11.0. The van der Waals surface area contributed by atoms with Gasteiger partial charge < -0.3 is 14.8 Å². The van der Waals surface area contributed by atoms with Crippen molar-refractivity contribution in [2.75, 3.05) is 19.8 Å². The molecule has 0 saturated carbocycles. The summed E-state index contributed by atoms with van der Waals surface area (Å²) in [6.07, 6.45) is 0.706. The first kappa shape index (κ1) is 16.4. The molecule has 1 N–H and O–H groups in total. The lowest BCUT2D eigenvalue weighted by Crippen LogP contribution is -2.26. The molecule has 3 nitrogen and oxygen atoms in total. The van der Waals surface area contributed by atoms with E-state index in [2.05, 4.69) is 12.2 Å². The van der Waals surface area contributed by atoms with E-state index in [0.29, 0.717) is 13.2 Å². The van der Waals surface area contributed by atoms with Gasteiger partial charge >= 0.3 is 0 Å².